The number of amides is 3. The summed E-state index contributed by atoms with van der Waals surface area (Å²) in [5, 5.41) is 41.8. The summed E-state index contributed by atoms with van der Waals surface area (Å²) >= 11 is 0. The standard InChI is InChI=1S/C32H40N6O7/c1-4-33-30(41)29-35-34-28(24-17-23(19(2)3)26(39)18-27(24)40)38(29)20-8-10-21(11-9-20)45-22-12-15-36(16-13-22)31(42)25-7-5-6-14-37(25)32(43)44/h8-11,17-19,22,25,39-40H,4-7,12-16H2,1-3H3,(H,33,41)(H,43,44). The zero-order valence-electron chi connectivity index (χ0n) is 25.8. The molecule has 3 amide bonds. The van der Waals surface area contributed by atoms with Gasteiger partial charge in [-0.2, -0.15) is 0 Å². The Labute approximate surface area is 261 Å². The van der Waals surface area contributed by atoms with Gasteiger partial charge in [-0.3, -0.25) is 19.1 Å². The van der Waals surface area contributed by atoms with Gasteiger partial charge in [0.1, 0.15) is 29.4 Å². The summed E-state index contributed by atoms with van der Waals surface area (Å²) in [5.41, 5.74) is 1.50. The third-order valence-electron chi connectivity index (χ3n) is 8.40. The first-order chi connectivity index (χ1) is 21.6. The molecular formula is C32H40N6O7. The number of phenols is 2. The van der Waals surface area contributed by atoms with Gasteiger partial charge in [-0.05, 0) is 68.0 Å². The van der Waals surface area contributed by atoms with E-state index in [0.717, 1.165) is 12.8 Å². The van der Waals surface area contributed by atoms with Gasteiger partial charge in [0.15, 0.2) is 5.82 Å². The Morgan fingerprint density at radius 3 is 2.33 bits per heavy atom. The Kier molecular flexibility index (Phi) is 9.45. The van der Waals surface area contributed by atoms with Crippen LogP contribution in [0.25, 0.3) is 17.1 Å². The van der Waals surface area contributed by atoms with Crippen LogP contribution in [0.2, 0.25) is 0 Å². The minimum Gasteiger partial charge on any atom is -0.508 e. The van der Waals surface area contributed by atoms with Crippen molar-refractivity contribution in [2.24, 2.45) is 0 Å². The smallest absolute Gasteiger partial charge is 0.407 e. The molecule has 0 aliphatic carbocycles. The molecule has 0 bridgehead atoms. The summed E-state index contributed by atoms with van der Waals surface area (Å²) in [4.78, 5) is 40.7. The molecule has 3 heterocycles. The molecule has 5 rings (SSSR count). The lowest BCUT2D eigenvalue weighted by molar-refractivity contribution is -0.139. The molecule has 2 aromatic carbocycles. The van der Waals surface area contributed by atoms with E-state index in [1.807, 2.05) is 13.8 Å². The van der Waals surface area contributed by atoms with Gasteiger partial charge in [0.05, 0.1) is 5.56 Å². The Bertz CT molecular complexity index is 1550. The number of aromatic hydroxyl groups is 2. The van der Waals surface area contributed by atoms with Gasteiger partial charge < -0.3 is 30.3 Å². The second-order valence-corrected chi connectivity index (χ2v) is 11.7. The van der Waals surface area contributed by atoms with Crippen molar-refractivity contribution in [1.29, 1.82) is 0 Å². The molecule has 45 heavy (non-hydrogen) atoms. The van der Waals surface area contributed by atoms with Crippen LogP contribution in [0, 0.1) is 0 Å². The first-order valence-electron chi connectivity index (χ1n) is 15.4. The second-order valence-electron chi connectivity index (χ2n) is 11.7. The molecule has 0 spiro atoms. The number of benzene rings is 2. The number of nitrogens with one attached hydrogen (secondary N) is 1. The largest absolute Gasteiger partial charge is 0.508 e. The number of ether oxygens (including phenoxy) is 1. The lowest BCUT2D eigenvalue weighted by Crippen LogP contribution is -2.54. The predicted molar refractivity (Wildman–Crippen MR) is 165 cm³/mol. The second kappa shape index (κ2) is 13.4. The van der Waals surface area contributed by atoms with Crippen molar-refractivity contribution in [3.8, 4) is 34.3 Å². The molecule has 3 aromatic rings. The van der Waals surface area contributed by atoms with Crippen LogP contribution in [0.4, 0.5) is 4.79 Å². The van der Waals surface area contributed by atoms with Crippen LogP contribution < -0.4 is 10.1 Å². The van der Waals surface area contributed by atoms with Gasteiger partial charge in [0.2, 0.25) is 11.7 Å². The van der Waals surface area contributed by atoms with Gasteiger partial charge in [0, 0.05) is 50.8 Å². The number of nitrogens with zero attached hydrogens (tertiary/aromatic N) is 5. The van der Waals surface area contributed by atoms with E-state index >= 15 is 0 Å². The number of hydrogen-bond donors (Lipinski definition) is 4. The molecule has 13 heteroatoms. The van der Waals surface area contributed by atoms with Crippen molar-refractivity contribution in [3.63, 3.8) is 0 Å². The number of phenolic OH excluding ortho intramolecular Hbond substituents is 2. The Hall–Kier alpha value is -4.81. The Morgan fingerprint density at radius 1 is 0.978 bits per heavy atom. The normalized spacial score (nSPS) is 17.4. The fourth-order valence-corrected chi connectivity index (χ4v) is 6.01. The highest BCUT2D eigenvalue weighted by Crippen LogP contribution is 2.38. The van der Waals surface area contributed by atoms with Gasteiger partial charge in [-0.25, -0.2) is 4.79 Å². The lowest BCUT2D eigenvalue weighted by atomic mass is 9.98. The van der Waals surface area contributed by atoms with E-state index in [-0.39, 0.29) is 41.1 Å². The van der Waals surface area contributed by atoms with E-state index < -0.39 is 18.0 Å². The summed E-state index contributed by atoms with van der Waals surface area (Å²) < 4.78 is 7.79. The maximum Gasteiger partial charge on any atom is 0.407 e. The third kappa shape index (κ3) is 6.66. The van der Waals surface area contributed by atoms with Crippen LogP contribution in [0.3, 0.4) is 0 Å². The fourth-order valence-electron chi connectivity index (χ4n) is 6.01. The number of hydrogen-bond acceptors (Lipinski definition) is 8. The maximum atomic E-state index is 13.1. The highest BCUT2D eigenvalue weighted by atomic mass is 16.5. The number of carbonyl (C=O) groups excluding carboxylic acids is 2. The molecule has 4 N–H and O–H groups in total. The highest BCUT2D eigenvalue weighted by molar-refractivity contribution is 5.92. The molecule has 1 atom stereocenters. The van der Waals surface area contributed by atoms with Crippen molar-refractivity contribution in [3.05, 3.63) is 47.8 Å². The number of piperidine rings is 2. The van der Waals surface area contributed by atoms with Crippen molar-refractivity contribution in [1.82, 2.24) is 29.9 Å². The van der Waals surface area contributed by atoms with Gasteiger partial charge in [-0.1, -0.05) is 13.8 Å². The maximum absolute atomic E-state index is 13.1. The monoisotopic (exact) mass is 620 g/mol. The third-order valence-corrected chi connectivity index (χ3v) is 8.40. The topological polar surface area (TPSA) is 170 Å². The molecule has 2 aliphatic heterocycles. The van der Waals surface area contributed by atoms with Crippen LogP contribution in [-0.4, -0.2) is 96.1 Å². The fraction of sp³-hybridized carbons (Fsp3) is 0.469. The Balaban J connectivity index is 1.32. The van der Waals surface area contributed by atoms with Crippen LogP contribution in [-0.2, 0) is 4.79 Å². The van der Waals surface area contributed by atoms with E-state index in [0.29, 0.717) is 68.0 Å². The van der Waals surface area contributed by atoms with Crippen LogP contribution in [0.15, 0.2) is 36.4 Å². The SMILES string of the molecule is CCNC(=O)c1nnc(-c2cc(C(C)C)c(O)cc2O)n1-c1ccc(OC2CCN(C(=O)C3CCCCN3C(=O)O)CC2)cc1. The first kappa shape index (κ1) is 31.6. The molecular weight excluding hydrogens is 580 g/mol. The average Bonchev–Trinajstić information content (AvgIpc) is 3.46. The molecule has 240 valence electrons. The number of aromatic nitrogens is 3. The molecule has 2 fully saturated rings. The summed E-state index contributed by atoms with van der Waals surface area (Å²) in [5.74, 6) is 0.0588. The highest BCUT2D eigenvalue weighted by Gasteiger charge is 2.36. The molecule has 0 saturated carbocycles. The molecule has 2 saturated heterocycles. The van der Waals surface area contributed by atoms with Gasteiger partial charge in [0.25, 0.3) is 5.91 Å². The van der Waals surface area contributed by atoms with E-state index in [2.05, 4.69) is 15.5 Å². The van der Waals surface area contributed by atoms with Crippen molar-refractivity contribution < 1.29 is 34.4 Å². The van der Waals surface area contributed by atoms with Crippen molar-refractivity contribution >= 4 is 17.9 Å². The van der Waals surface area contributed by atoms with E-state index in [4.69, 9.17) is 4.74 Å². The molecule has 1 aromatic heterocycles. The van der Waals surface area contributed by atoms with Crippen LogP contribution in [0.1, 0.15) is 75.0 Å². The van der Waals surface area contributed by atoms with Crippen molar-refractivity contribution in [2.45, 2.75) is 70.9 Å². The minimum absolute atomic E-state index is 0.0308. The molecule has 13 nitrogen and oxygen atoms in total. The lowest BCUT2D eigenvalue weighted by Gasteiger charge is -2.38. The average molecular weight is 621 g/mol. The zero-order chi connectivity index (χ0) is 32.2. The van der Waals surface area contributed by atoms with E-state index in [1.165, 1.54) is 11.0 Å². The predicted octanol–water partition coefficient (Wildman–Crippen LogP) is 4.12. The molecule has 0 radical (unpaired) electrons. The van der Waals surface area contributed by atoms with Crippen molar-refractivity contribution in [2.75, 3.05) is 26.2 Å². The van der Waals surface area contributed by atoms with Gasteiger partial charge >= 0.3 is 6.09 Å². The quantitative estimate of drug-likeness (QED) is 0.289. The molecule has 1 unspecified atom stereocenters. The first-order valence-corrected chi connectivity index (χ1v) is 15.4. The molecule has 2 aliphatic rings. The Morgan fingerprint density at radius 2 is 1.69 bits per heavy atom. The number of carbonyl (C=O) groups is 3. The summed E-state index contributed by atoms with van der Waals surface area (Å²) in [6, 6.07) is 9.40. The van der Waals surface area contributed by atoms with E-state index in [1.54, 1.807) is 46.7 Å². The van der Waals surface area contributed by atoms with E-state index in [9.17, 15) is 29.7 Å². The number of rotatable bonds is 8. The summed E-state index contributed by atoms with van der Waals surface area (Å²) in [7, 11) is 0. The van der Waals surface area contributed by atoms with Crippen LogP contribution in [0.5, 0.6) is 17.2 Å². The summed E-state index contributed by atoms with van der Waals surface area (Å²) in [6.45, 7) is 7.39. The van der Waals surface area contributed by atoms with Crippen LogP contribution >= 0.6 is 0 Å². The minimum atomic E-state index is -1.05. The summed E-state index contributed by atoms with van der Waals surface area (Å²) in [6.07, 6.45) is 2.22. The number of carboxylic acid groups (broad SMARTS) is 1. The van der Waals surface area contributed by atoms with Gasteiger partial charge in [-0.15, -0.1) is 10.2 Å². The number of likely N-dealkylation sites (tertiary alicyclic amines) is 2. The zero-order valence-corrected chi connectivity index (χ0v) is 25.8.